The zero-order chi connectivity index (χ0) is 11.6. The van der Waals surface area contributed by atoms with E-state index >= 15 is 0 Å². The second-order valence-corrected chi connectivity index (χ2v) is 4.37. The van der Waals surface area contributed by atoms with Crippen LogP contribution in [0.25, 0.3) is 0 Å². The van der Waals surface area contributed by atoms with E-state index in [0.29, 0.717) is 6.04 Å². The molecule has 1 atom stereocenters. The number of hydrogen-bond acceptors (Lipinski definition) is 4. The molecular weight excluding hydrogens is 204 g/mol. The summed E-state index contributed by atoms with van der Waals surface area (Å²) in [6, 6.07) is 0.447. The van der Waals surface area contributed by atoms with Gasteiger partial charge in [-0.15, -0.1) is 0 Å². The summed E-state index contributed by atoms with van der Waals surface area (Å²) in [6.45, 7) is 9.09. The zero-order valence-corrected chi connectivity index (χ0v) is 10.7. The molecule has 0 aromatic heterocycles. The van der Waals surface area contributed by atoms with E-state index in [1.807, 2.05) is 0 Å². The number of nitrogens with zero attached hydrogens (tertiary/aromatic N) is 1. The molecule has 1 aliphatic heterocycles. The Balaban J connectivity index is 2.27. The first-order chi connectivity index (χ1) is 7.86. The number of methoxy groups -OCH3 is 1. The predicted octanol–water partition coefficient (Wildman–Crippen LogP) is 0.723. The van der Waals surface area contributed by atoms with E-state index in [1.54, 1.807) is 7.11 Å². The lowest BCUT2D eigenvalue weighted by Gasteiger charge is -2.26. The van der Waals surface area contributed by atoms with E-state index in [-0.39, 0.29) is 0 Å². The first-order valence-corrected chi connectivity index (χ1v) is 6.39. The highest BCUT2D eigenvalue weighted by molar-refractivity contribution is 4.73. The summed E-state index contributed by atoms with van der Waals surface area (Å²) in [5.41, 5.74) is 0. The fraction of sp³-hybridized carbons (Fsp3) is 1.00. The molecule has 4 nitrogen and oxygen atoms in total. The van der Waals surface area contributed by atoms with Gasteiger partial charge in [-0.25, -0.2) is 0 Å². The third kappa shape index (κ3) is 5.80. The van der Waals surface area contributed by atoms with Gasteiger partial charge in [-0.05, 0) is 19.4 Å². The molecule has 0 aromatic carbocycles. The minimum atomic E-state index is 0.447. The molecule has 0 bridgehead atoms. The molecule has 1 rings (SSSR count). The van der Waals surface area contributed by atoms with Crippen molar-refractivity contribution in [2.45, 2.75) is 25.8 Å². The molecule has 16 heavy (non-hydrogen) atoms. The third-order valence-corrected chi connectivity index (χ3v) is 2.84. The van der Waals surface area contributed by atoms with Crippen LogP contribution < -0.4 is 5.32 Å². The molecule has 1 N–H and O–H groups in total. The van der Waals surface area contributed by atoms with Gasteiger partial charge in [-0.1, -0.05) is 6.92 Å². The van der Waals surface area contributed by atoms with Gasteiger partial charge < -0.3 is 14.8 Å². The molecule has 1 unspecified atom stereocenters. The SMILES string of the molecule is CCCNC(COC)CN1CCCOCC1. The monoisotopic (exact) mass is 230 g/mol. The van der Waals surface area contributed by atoms with Gasteiger partial charge in [0.1, 0.15) is 0 Å². The summed E-state index contributed by atoms with van der Waals surface area (Å²) in [6.07, 6.45) is 2.32. The van der Waals surface area contributed by atoms with Crippen molar-refractivity contribution in [3.63, 3.8) is 0 Å². The summed E-state index contributed by atoms with van der Waals surface area (Å²) in [5, 5.41) is 3.53. The Bertz CT molecular complexity index is 159. The lowest BCUT2D eigenvalue weighted by atomic mass is 10.2. The van der Waals surface area contributed by atoms with Crippen LogP contribution in [0.2, 0.25) is 0 Å². The quantitative estimate of drug-likeness (QED) is 0.699. The Labute approximate surface area is 99.3 Å². The van der Waals surface area contributed by atoms with E-state index in [1.165, 1.54) is 6.42 Å². The van der Waals surface area contributed by atoms with Crippen LogP contribution >= 0.6 is 0 Å². The van der Waals surface area contributed by atoms with Gasteiger partial charge >= 0.3 is 0 Å². The summed E-state index contributed by atoms with van der Waals surface area (Å²) >= 11 is 0. The first-order valence-electron chi connectivity index (χ1n) is 6.39. The van der Waals surface area contributed by atoms with Crippen LogP contribution in [0.4, 0.5) is 0 Å². The van der Waals surface area contributed by atoms with Crippen molar-refractivity contribution in [3.05, 3.63) is 0 Å². The average Bonchev–Trinajstić information content (AvgIpc) is 2.55. The highest BCUT2D eigenvalue weighted by Gasteiger charge is 2.15. The molecule has 96 valence electrons. The van der Waals surface area contributed by atoms with Gasteiger partial charge in [0.2, 0.25) is 0 Å². The van der Waals surface area contributed by atoms with Gasteiger partial charge in [0.05, 0.1) is 13.2 Å². The van der Waals surface area contributed by atoms with Crippen LogP contribution in [0.15, 0.2) is 0 Å². The number of ether oxygens (including phenoxy) is 2. The highest BCUT2D eigenvalue weighted by atomic mass is 16.5. The normalized spacial score (nSPS) is 20.6. The average molecular weight is 230 g/mol. The van der Waals surface area contributed by atoms with E-state index in [4.69, 9.17) is 9.47 Å². The molecule has 0 amide bonds. The van der Waals surface area contributed by atoms with Crippen molar-refractivity contribution in [2.75, 3.05) is 53.1 Å². The summed E-state index contributed by atoms with van der Waals surface area (Å²) in [4.78, 5) is 2.47. The van der Waals surface area contributed by atoms with Crippen molar-refractivity contribution in [3.8, 4) is 0 Å². The molecule has 1 aliphatic rings. The number of hydrogen-bond donors (Lipinski definition) is 1. The molecule has 0 radical (unpaired) electrons. The Hall–Kier alpha value is -0.160. The van der Waals surface area contributed by atoms with Gasteiger partial charge in [0.25, 0.3) is 0 Å². The standard InChI is InChI=1S/C12H26N2O2/c1-3-5-13-12(11-15-2)10-14-6-4-8-16-9-7-14/h12-13H,3-11H2,1-2H3. The summed E-state index contributed by atoms with van der Waals surface area (Å²) < 4.78 is 10.7. The molecule has 0 saturated carbocycles. The Morgan fingerprint density at radius 1 is 1.38 bits per heavy atom. The van der Waals surface area contributed by atoms with Crippen LogP contribution in [-0.2, 0) is 9.47 Å². The smallest absolute Gasteiger partial charge is 0.0628 e. The van der Waals surface area contributed by atoms with Crippen molar-refractivity contribution in [1.29, 1.82) is 0 Å². The van der Waals surface area contributed by atoms with E-state index < -0.39 is 0 Å². The molecule has 4 heteroatoms. The van der Waals surface area contributed by atoms with Crippen LogP contribution in [-0.4, -0.2) is 64.1 Å². The van der Waals surface area contributed by atoms with E-state index in [0.717, 1.165) is 52.4 Å². The van der Waals surface area contributed by atoms with Gasteiger partial charge in [-0.2, -0.15) is 0 Å². The predicted molar refractivity (Wildman–Crippen MR) is 65.8 cm³/mol. The molecule has 0 aromatic rings. The van der Waals surface area contributed by atoms with Crippen LogP contribution in [0.5, 0.6) is 0 Å². The minimum Gasteiger partial charge on any atom is -0.383 e. The molecule has 1 fully saturated rings. The summed E-state index contributed by atoms with van der Waals surface area (Å²) in [5.74, 6) is 0. The molecule has 1 saturated heterocycles. The van der Waals surface area contributed by atoms with Gasteiger partial charge in [0.15, 0.2) is 0 Å². The van der Waals surface area contributed by atoms with Crippen molar-refractivity contribution in [2.24, 2.45) is 0 Å². The highest BCUT2D eigenvalue weighted by Crippen LogP contribution is 2.01. The number of rotatable bonds is 7. The fourth-order valence-electron chi connectivity index (χ4n) is 2.02. The Kier molecular flexibility index (Phi) is 7.76. The van der Waals surface area contributed by atoms with Gasteiger partial charge in [-0.3, -0.25) is 4.90 Å². The van der Waals surface area contributed by atoms with Gasteiger partial charge in [0, 0.05) is 39.4 Å². The maximum absolute atomic E-state index is 5.45. The lowest BCUT2D eigenvalue weighted by molar-refractivity contribution is 0.124. The second-order valence-electron chi connectivity index (χ2n) is 4.37. The maximum Gasteiger partial charge on any atom is 0.0628 e. The van der Waals surface area contributed by atoms with Crippen LogP contribution in [0.1, 0.15) is 19.8 Å². The molecule has 0 spiro atoms. The minimum absolute atomic E-state index is 0.447. The third-order valence-electron chi connectivity index (χ3n) is 2.84. The zero-order valence-electron chi connectivity index (χ0n) is 10.7. The molecule has 0 aliphatic carbocycles. The number of nitrogens with one attached hydrogen (secondary N) is 1. The largest absolute Gasteiger partial charge is 0.383 e. The van der Waals surface area contributed by atoms with Crippen molar-refractivity contribution >= 4 is 0 Å². The van der Waals surface area contributed by atoms with Crippen LogP contribution in [0.3, 0.4) is 0 Å². The first kappa shape index (κ1) is 13.9. The molecule has 1 heterocycles. The second kappa shape index (κ2) is 8.93. The topological polar surface area (TPSA) is 33.7 Å². The van der Waals surface area contributed by atoms with Crippen molar-refractivity contribution in [1.82, 2.24) is 10.2 Å². The van der Waals surface area contributed by atoms with E-state index in [9.17, 15) is 0 Å². The molecular formula is C12H26N2O2. The van der Waals surface area contributed by atoms with E-state index in [2.05, 4.69) is 17.1 Å². The van der Waals surface area contributed by atoms with Crippen molar-refractivity contribution < 1.29 is 9.47 Å². The maximum atomic E-state index is 5.45. The fourth-order valence-corrected chi connectivity index (χ4v) is 2.02. The van der Waals surface area contributed by atoms with Crippen LogP contribution in [0, 0.1) is 0 Å². The summed E-state index contributed by atoms with van der Waals surface area (Å²) in [7, 11) is 1.77. The lowest BCUT2D eigenvalue weighted by Crippen LogP contribution is -2.44. The Morgan fingerprint density at radius 2 is 2.25 bits per heavy atom. The Morgan fingerprint density at radius 3 is 3.00 bits per heavy atom.